The smallest absolute Gasteiger partial charge is 0.217 e. The van der Waals surface area contributed by atoms with Crippen LogP contribution in [0.4, 0.5) is 0 Å². The molecule has 0 spiro atoms. The van der Waals surface area contributed by atoms with Gasteiger partial charge in [0, 0.05) is 6.92 Å². The van der Waals surface area contributed by atoms with E-state index < -0.39 is 80.8 Å². The summed E-state index contributed by atoms with van der Waals surface area (Å²) in [6.45, 7) is -1.19. The lowest BCUT2D eigenvalue weighted by atomic mass is 9.98. The van der Waals surface area contributed by atoms with Crippen molar-refractivity contribution in [1.29, 1.82) is 0 Å². The van der Waals surface area contributed by atoms with Crippen LogP contribution in [0.2, 0.25) is 0 Å². The van der Waals surface area contributed by atoms with Crippen LogP contribution in [0.3, 0.4) is 0 Å². The molecule has 0 saturated carbocycles. The molecule has 9 N–H and O–H groups in total. The molecular weight excluding hydrogens is 358 g/mol. The summed E-state index contributed by atoms with van der Waals surface area (Å²) >= 11 is 0. The minimum atomic E-state index is -1.80. The van der Waals surface area contributed by atoms with E-state index in [0.29, 0.717) is 0 Å². The molecule has 0 radical (unpaired) electrons. The van der Waals surface area contributed by atoms with Gasteiger partial charge in [0.05, 0.1) is 25.9 Å². The zero-order chi connectivity index (χ0) is 20.0. The van der Waals surface area contributed by atoms with Crippen LogP contribution < -0.4 is 5.32 Å². The Labute approximate surface area is 149 Å². The molecular formula is C14H27NO11. The number of rotatable bonds is 9. The van der Waals surface area contributed by atoms with Crippen molar-refractivity contribution in [3.05, 3.63) is 0 Å². The maximum absolute atomic E-state index is 11.1. The number of carbonyl (C=O) groups is 1. The molecule has 0 bridgehead atoms. The highest BCUT2D eigenvalue weighted by Crippen LogP contribution is 2.24. The van der Waals surface area contributed by atoms with E-state index in [1.54, 1.807) is 0 Å². The molecule has 0 aromatic rings. The van der Waals surface area contributed by atoms with Gasteiger partial charge in [-0.05, 0) is 0 Å². The SMILES string of the molecule is CC(=O)N[C@@H](CO)[C@@H](O)[C@@H](O[C@@H]1O[C@H](CO)[C@H](O)[C@H](O)[C@H]1O)[C@H](O)CO. The molecule has 9 atom stereocenters. The van der Waals surface area contributed by atoms with Crippen molar-refractivity contribution in [2.75, 3.05) is 19.8 Å². The van der Waals surface area contributed by atoms with Gasteiger partial charge in [0.25, 0.3) is 0 Å². The minimum Gasteiger partial charge on any atom is -0.394 e. The highest BCUT2D eigenvalue weighted by atomic mass is 16.7. The predicted molar refractivity (Wildman–Crippen MR) is 82.4 cm³/mol. The lowest BCUT2D eigenvalue weighted by Gasteiger charge is -2.42. The van der Waals surface area contributed by atoms with Gasteiger partial charge in [0.2, 0.25) is 5.91 Å². The van der Waals surface area contributed by atoms with Crippen LogP contribution in [0.15, 0.2) is 0 Å². The standard InChI is InChI=1S/C14H27NO11/c1-5(19)15-6(2-16)9(21)13(7(20)3-17)26-14-12(24)11(23)10(22)8(4-18)25-14/h6-14,16-18,20-24H,2-4H2,1H3,(H,15,19)/t6-,7+,8+,9+,10-,11-,12+,13-,14-/m0/s1. The first-order chi connectivity index (χ1) is 12.2. The highest BCUT2D eigenvalue weighted by molar-refractivity contribution is 5.73. The van der Waals surface area contributed by atoms with E-state index in [2.05, 4.69) is 5.32 Å². The summed E-state index contributed by atoms with van der Waals surface area (Å²) in [5, 5.41) is 79.5. The van der Waals surface area contributed by atoms with Crippen molar-refractivity contribution in [3.8, 4) is 0 Å². The fraction of sp³-hybridized carbons (Fsp3) is 0.929. The first-order valence-corrected chi connectivity index (χ1v) is 7.98. The summed E-state index contributed by atoms with van der Waals surface area (Å²) in [5.41, 5.74) is 0. The highest BCUT2D eigenvalue weighted by Gasteiger charge is 2.46. The fourth-order valence-electron chi connectivity index (χ4n) is 2.57. The van der Waals surface area contributed by atoms with E-state index in [0.717, 1.165) is 6.92 Å². The Bertz CT molecular complexity index is 437. The second kappa shape index (κ2) is 10.4. The zero-order valence-corrected chi connectivity index (χ0v) is 14.1. The lowest BCUT2D eigenvalue weighted by molar-refractivity contribution is -0.325. The van der Waals surface area contributed by atoms with Gasteiger partial charge in [0.1, 0.15) is 42.7 Å². The van der Waals surface area contributed by atoms with Gasteiger partial charge in [-0.2, -0.15) is 0 Å². The average Bonchev–Trinajstić information content (AvgIpc) is 2.62. The molecule has 1 aliphatic heterocycles. The average molecular weight is 385 g/mol. The number of aliphatic hydroxyl groups excluding tert-OH is 8. The number of ether oxygens (including phenoxy) is 2. The van der Waals surface area contributed by atoms with E-state index >= 15 is 0 Å². The molecule has 154 valence electrons. The maximum Gasteiger partial charge on any atom is 0.217 e. The molecule has 1 aliphatic rings. The molecule has 1 amide bonds. The van der Waals surface area contributed by atoms with Crippen LogP contribution >= 0.6 is 0 Å². The Hall–Kier alpha value is -0.930. The van der Waals surface area contributed by atoms with Crippen LogP contribution in [-0.4, -0.2) is 122 Å². The molecule has 1 rings (SSSR count). The Balaban J connectivity index is 2.97. The van der Waals surface area contributed by atoms with Gasteiger partial charge in [-0.15, -0.1) is 0 Å². The maximum atomic E-state index is 11.1. The third kappa shape index (κ3) is 5.53. The Morgan fingerprint density at radius 3 is 2.15 bits per heavy atom. The number of aliphatic hydroxyl groups is 8. The van der Waals surface area contributed by atoms with Crippen molar-refractivity contribution in [2.45, 2.75) is 62.0 Å². The Morgan fingerprint density at radius 2 is 1.69 bits per heavy atom. The van der Waals surface area contributed by atoms with Crippen LogP contribution in [0.1, 0.15) is 6.92 Å². The third-order valence-electron chi connectivity index (χ3n) is 4.04. The lowest BCUT2D eigenvalue weighted by Crippen LogP contribution is -2.62. The van der Waals surface area contributed by atoms with Crippen LogP contribution in [0.5, 0.6) is 0 Å². The summed E-state index contributed by atoms with van der Waals surface area (Å²) < 4.78 is 10.4. The summed E-state index contributed by atoms with van der Waals surface area (Å²) in [5.74, 6) is -0.590. The number of hydrogen-bond acceptors (Lipinski definition) is 11. The molecule has 12 heteroatoms. The van der Waals surface area contributed by atoms with E-state index in [1.165, 1.54) is 0 Å². The summed E-state index contributed by atoms with van der Waals surface area (Å²) in [4.78, 5) is 11.1. The van der Waals surface area contributed by atoms with Gasteiger partial charge in [-0.25, -0.2) is 0 Å². The molecule has 12 nitrogen and oxygen atoms in total. The molecule has 1 fully saturated rings. The fourth-order valence-corrected chi connectivity index (χ4v) is 2.57. The van der Waals surface area contributed by atoms with Gasteiger partial charge < -0.3 is 55.6 Å². The van der Waals surface area contributed by atoms with Gasteiger partial charge in [-0.1, -0.05) is 0 Å². The molecule has 1 saturated heterocycles. The molecule has 0 aliphatic carbocycles. The summed E-state index contributed by atoms with van der Waals surface area (Å²) in [7, 11) is 0. The monoisotopic (exact) mass is 385 g/mol. The molecule has 1 heterocycles. The van der Waals surface area contributed by atoms with Gasteiger partial charge in [-0.3, -0.25) is 4.79 Å². The predicted octanol–water partition coefficient (Wildman–Crippen LogP) is -5.62. The third-order valence-corrected chi connectivity index (χ3v) is 4.04. The molecule has 0 aromatic heterocycles. The minimum absolute atomic E-state index is 0.590. The number of hydrogen-bond donors (Lipinski definition) is 9. The van der Waals surface area contributed by atoms with Gasteiger partial charge >= 0.3 is 0 Å². The van der Waals surface area contributed by atoms with E-state index in [9.17, 15) is 35.4 Å². The van der Waals surface area contributed by atoms with Crippen molar-refractivity contribution in [1.82, 2.24) is 5.32 Å². The summed E-state index contributed by atoms with van der Waals surface area (Å²) in [6, 6.07) is -1.27. The normalized spacial score (nSPS) is 34.0. The zero-order valence-electron chi connectivity index (χ0n) is 14.1. The van der Waals surface area contributed by atoms with E-state index in [4.69, 9.17) is 19.7 Å². The van der Waals surface area contributed by atoms with Crippen LogP contribution in [0.25, 0.3) is 0 Å². The second-order valence-electron chi connectivity index (χ2n) is 6.03. The topological polar surface area (TPSA) is 209 Å². The molecule has 0 unspecified atom stereocenters. The first kappa shape index (κ1) is 23.1. The number of amides is 1. The molecule has 0 aromatic carbocycles. The van der Waals surface area contributed by atoms with Gasteiger partial charge in [0.15, 0.2) is 6.29 Å². The van der Waals surface area contributed by atoms with Crippen LogP contribution in [-0.2, 0) is 14.3 Å². The Morgan fingerprint density at radius 1 is 1.08 bits per heavy atom. The number of nitrogens with one attached hydrogen (secondary N) is 1. The molecule has 26 heavy (non-hydrogen) atoms. The van der Waals surface area contributed by atoms with E-state index in [-0.39, 0.29) is 0 Å². The first-order valence-electron chi connectivity index (χ1n) is 7.98. The quantitative estimate of drug-likeness (QED) is 0.183. The van der Waals surface area contributed by atoms with Crippen molar-refractivity contribution >= 4 is 5.91 Å². The van der Waals surface area contributed by atoms with Crippen molar-refractivity contribution in [3.63, 3.8) is 0 Å². The van der Waals surface area contributed by atoms with Crippen molar-refractivity contribution < 1.29 is 55.1 Å². The largest absolute Gasteiger partial charge is 0.394 e. The van der Waals surface area contributed by atoms with Crippen LogP contribution in [0, 0.1) is 0 Å². The second-order valence-corrected chi connectivity index (χ2v) is 6.03. The van der Waals surface area contributed by atoms with E-state index in [1.807, 2.05) is 0 Å². The summed E-state index contributed by atoms with van der Waals surface area (Å²) in [6.07, 6.45) is -13.3. The Kier molecular flexibility index (Phi) is 9.26. The number of carbonyl (C=O) groups excluding carboxylic acids is 1. The van der Waals surface area contributed by atoms with Crippen molar-refractivity contribution in [2.24, 2.45) is 0 Å².